The van der Waals surface area contributed by atoms with Crippen molar-refractivity contribution in [2.45, 2.75) is 41.9 Å². The number of nitrogens with one attached hydrogen (secondary N) is 2. The minimum atomic E-state index is -3.94. The predicted octanol–water partition coefficient (Wildman–Crippen LogP) is 1.65. The Morgan fingerprint density at radius 2 is 1.92 bits per heavy atom. The Bertz CT molecular complexity index is 867. The molecule has 1 aliphatic rings. The largest absolute Gasteiger partial charge is 0.300 e. The van der Waals surface area contributed by atoms with Crippen LogP contribution in [0.25, 0.3) is 0 Å². The smallest absolute Gasteiger partial charge is 0.243 e. The highest BCUT2D eigenvalue weighted by Crippen LogP contribution is 2.36. The van der Waals surface area contributed by atoms with Crippen LogP contribution in [0.3, 0.4) is 0 Å². The van der Waals surface area contributed by atoms with Gasteiger partial charge < -0.3 is 5.32 Å². The van der Waals surface area contributed by atoms with Gasteiger partial charge in [0, 0.05) is 0 Å². The van der Waals surface area contributed by atoms with Gasteiger partial charge >= 0.3 is 0 Å². The van der Waals surface area contributed by atoms with Gasteiger partial charge in [-0.15, -0.1) is 0 Å². The Labute approximate surface area is 161 Å². The number of piperidine rings is 1. The molecule has 1 atom stereocenters. The fraction of sp³-hybridized carbons (Fsp3) is 0.625. The van der Waals surface area contributed by atoms with Gasteiger partial charge in [-0.2, -0.15) is 4.72 Å². The van der Waals surface area contributed by atoms with Crippen LogP contribution in [0.2, 0.25) is 5.02 Å². The Morgan fingerprint density at radius 1 is 1.27 bits per heavy atom. The topological polar surface area (TPSA) is 95.6 Å². The van der Waals surface area contributed by atoms with Crippen molar-refractivity contribution in [3.8, 4) is 0 Å². The lowest BCUT2D eigenvalue weighted by atomic mass is 9.85. The number of hydrogen-bond acceptors (Lipinski definition) is 6. The molecule has 1 aromatic carbocycles. The van der Waals surface area contributed by atoms with Gasteiger partial charge in [0.2, 0.25) is 10.0 Å². The first-order chi connectivity index (χ1) is 11.9. The zero-order chi connectivity index (χ0) is 19.8. The summed E-state index contributed by atoms with van der Waals surface area (Å²) in [6, 6.07) is 3.81. The summed E-state index contributed by atoms with van der Waals surface area (Å²) in [7, 11) is -4.29. The molecule has 0 spiro atoms. The van der Waals surface area contributed by atoms with E-state index in [0.717, 1.165) is 18.9 Å². The molecule has 0 aromatic heterocycles. The van der Waals surface area contributed by atoms with E-state index >= 15 is 0 Å². The molecule has 0 amide bonds. The highest BCUT2D eigenvalue weighted by Gasteiger charge is 2.42. The Balaban J connectivity index is 2.46. The van der Waals surface area contributed by atoms with Crippen LogP contribution in [0.4, 0.5) is 0 Å². The third-order valence-electron chi connectivity index (χ3n) is 4.44. The van der Waals surface area contributed by atoms with E-state index in [4.69, 9.17) is 11.6 Å². The number of sulfone groups is 1. The second kappa shape index (κ2) is 7.73. The molecule has 148 valence electrons. The van der Waals surface area contributed by atoms with Crippen LogP contribution < -0.4 is 10.0 Å². The summed E-state index contributed by atoms with van der Waals surface area (Å²) >= 11 is 6.04. The molecule has 0 saturated carbocycles. The van der Waals surface area contributed by atoms with Gasteiger partial charge in [-0.05, 0) is 57.1 Å². The first-order valence-electron chi connectivity index (χ1n) is 8.29. The van der Waals surface area contributed by atoms with Gasteiger partial charge in [0.25, 0.3) is 0 Å². The lowest BCUT2D eigenvalue weighted by Gasteiger charge is -2.38. The molecule has 7 nitrogen and oxygen atoms in total. The molecule has 0 bridgehead atoms. The summed E-state index contributed by atoms with van der Waals surface area (Å²) in [6.07, 6.45) is 1.67. The number of rotatable bonds is 6. The summed E-state index contributed by atoms with van der Waals surface area (Å²) in [5.41, 5.74) is -0.459. The van der Waals surface area contributed by atoms with E-state index < -0.39 is 30.6 Å². The van der Waals surface area contributed by atoms with Gasteiger partial charge in [-0.3, -0.25) is 4.90 Å². The van der Waals surface area contributed by atoms with Crippen LogP contribution in [-0.4, -0.2) is 54.4 Å². The Hall–Kier alpha value is -0.710. The van der Waals surface area contributed by atoms with Crippen LogP contribution in [0.1, 0.15) is 26.7 Å². The summed E-state index contributed by atoms with van der Waals surface area (Å²) in [4.78, 5) is 1.34. The highest BCUT2D eigenvalue weighted by molar-refractivity contribution is 7.92. The van der Waals surface area contributed by atoms with Crippen molar-refractivity contribution >= 4 is 31.5 Å². The maximum absolute atomic E-state index is 13.1. The monoisotopic (exact) mass is 423 g/mol. The van der Waals surface area contributed by atoms with Crippen molar-refractivity contribution in [3.05, 3.63) is 23.2 Å². The average Bonchev–Trinajstić information content (AvgIpc) is 2.52. The molecule has 26 heavy (non-hydrogen) atoms. The molecule has 1 aliphatic heterocycles. The first kappa shape index (κ1) is 21.6. The van der Waals surface area contributed by atoms with Crippen LogP contribution in [0.15, 0.2) is 28.0 Å². The number of nitrogens with zero attached hydrogens (tertiary/aromatic N) is 1. The summed E-state index contributed by atoms with van der Waals surface area (Å²) in [5.74, 6) is 0. The standard InChI is InChI=1S/C16H26ClN3O4S2/c1-16(2)8-5-9-18-15(16)25(21,22)12-6-7-13(17)14(10-12)26(23,24)19-11-20(3)4/h6-7,10,15,18-19H,5,8-9,11H2,1-4H3. The first-order valence-corrected chi connectivity index (χ1v) is 11.7. The summed E-state index contributed by atoms with van der Waals surface area (Å²) in [5, 5.41) is 2.26. The normalized spacial score (nSPS) is 21.1. The van der Waals surface area contributed by atoms with Crippen LogP contribution in [0, 0.1) is 5.41 Å². The molecule has 0 aliphatic carbocycles. The van der Waals surface area contributed by atoms with Gasteiger partial charge in [0.15, 0.2) is 9.84 Å². The number of benzene rings is 1. The Kier molecular flexibility index (Phi) is 6.42. The van der Waals surface area contributed by atoms with Gasteiger partial charge in [0.05, 0.1) is 16.6 Å². The molecule has 2 N–H and O–H groups in total. The van der Waals surface area contributed by atoms with Crippen molar-refractivity contribution in [1.82, 2.24) is 14.9 Å². The molecule has 0 radical (unpaired) electrons. The Morgan fingerprint density at radius 3 is 2.50 bits per heavy atom. The fourth-order valence-corrected chi connectivity index (χ4v) is 6.80. The van der Waals surface area contributed by atoms with Crippen molar-refractivity contribution in [1.29, 1.82) is 0 Å². The molecular weight excluding hydrogens is 398 g/mol. The SMILES string of the molecule is CN(C)CNS(=O)(=O)c1cc(S(=O)(=O)C2NCCCC2(C)C)ccc1Cl. The van der Waals surface area contributed by atoms with Crippen molar-refractivity contribution in [2.75, 3.05) is 27.3 Å². The number of hydrogen-bond donors (Lipinski definition) is 2. The second-order valence-corrected chi connectivity index (χ2v) is 11.6. The zero-order valence-electron chi connectivity index (χ0n) is 15.4. The minimum absolute atomic E-state index is 0.0222. The van der Waals surface area contributed by atoms with E-state index in [2.05, 4.69) is 10.0 Å². The fourth-order valence-electron chi connectivity index (χ4n) is 3.01. The maximum Gasteiger partial charge on any atom is 0.243 e. The third-order valence-corrected chi connectivity index (χ3v) is 8.64. The predicted molar refractivity (Wildman–Crippen MR) is 102 cm³/mol. The highest BCUT2D eigenvalue weighted by atomic mass is 35.5. The summed E-state index contributed by atoms with van der Waals surface area (Å²) < 4.78 is 53.7. The number of halogens is 1. The molecule has 1 fully saturated rings. The van der Waals surface area contributed by atoms with Crippen molar-refractivity contribution in [3.63, 3.8) is 0 Å². The minimum Gasteiger partial charge on any atom is -0.300 e. The van der Waals surface area contributed by atoms with Crippen molar-refractivity contribution in [2.24, 2.45) is 5.41 Å². The van der Waals surface area contributed by atoms with E-state index in [-0.39, 0.29) is 21.5 Å². The lowest BCUT2D eigenvalue weighted by Crippen LogP contribution is -2.51. The maximum atomic E-state index is 13.1. The molecule has 1 saturated heterocycles. The van der Waals surface area contributed by atoms with E-state index in [1.54, 1.807) is 19.0 Å². The molecule has 10 heteroatoms. The average molecular weight is 424 g/mol. The molecular formula is C16H26ClN3O4S2. The quantitative estimate of drug-likeness (QED) is 0.675. The van der Waals surface area contributed by atoms with Gasteiger partial charge in [-0.1, -0.05) is 25.4 Å². The molecule has 1 unspecified atom stereocenters. The molecule has 1 aromatic rings. The van der Waals surface area contributed by atoms with E-state index in [9.17, 15) is 16.8 Å². The molecule has 2 rings (SSSR count). The van der Waals surface area contributed by atoms with Crippen LogP contribution >= 0.6 is 11.6 Å². The second-order valence-electron chi connectivity index (χ2n) is 7.45. The van der Waals surface area contributed by atoms with Crippen LogP contribution in [-0.2, 0) is 19.9 Å². The third kappa shape index (κ3) is 4.58. The summed E-state index contributed by atoms with van der Waals surface area (Å²) in [6.45, 7) is 4.48. The van der Waals surface area contributed by atoms with Gasteiger partial charge in [0.1, 0.15) is 10.3 Å². The molecule has 1 heterocycles. The van der Waals surface area contributed by atoms with Gasteiger partial charge in [-0.25, -0.2) is 16.8 Å². The van der Waals surface area contributed by atoms with E-state index in [1.807, 2.05) is 13.8 Å². The van der Waals surface area contributed by atoms with Crippen LogP contribution in [0.5, 0.6) is 0 Å². The van der Waals surface area contributed by atoms with Crippen molar-refractivity contribution < 1.29 is 16.8 Å². The lowest BCUT2D eigenvalue weighted by molar-refractivity contribution is 0.232. The van der Waals surface area contributed by atoms with E-state index in [0.29, 0.717) is 6.54 Å². The number of sulfonamides is 1. The zero-order valence-corrected chi connectivity index (χ0v) is 17.8. The van der Waals surface area contributed by atoms with E-state index in [1.165, 1.54) is 12.1 Å².